The molecule has 0 fully saturated rings. The molecule has 0 bridgehead atoms. The van der Waals surface area contributed by atoms with E-state index in [9.17, 15) is 0 Å². The fourth-order valence-electron chi connectivity index (χ4n) is 1.82. The SMILES string of the molecule is CC1=C(C)SCC(c2ccc3c(c2)OCO3)=N1. The third-order valence-electron chi connectivity index (χ3n) is 2.94. The van der Waals surface area contributed by atoms with Crippen LogP contribution in [-0.2, 0) is 0 Å². The van der Waals surface area contributed by atoms with Crippen LogP contribution in [0.3, 0.4) is 0 Å². The zero-order valence-electron chi connectivity index (χ0n) is 9.82. The Bertz CT molecular complexity index is 534. The molecule has 0 spiro atoms. The topological polar surface area (TPSA) is 30.8 Å². The molecule has 1 aromatic rings. The number of ether oxygens (including phenoxy) is 2. The van der Waals surface area contributed by atoms with Crippen LogP contribution < -0.4 is 9.47 Å². The number of allylic oxidation sites excluding steroid dienone is 2. The molecule has 0 saturated heterocycles. The number of fused-ring (bicyclic) bond motifs is 1. The van der Waals surface area contributed by atoms with Gasteiger partial charge >= 0.3 is 0 Å². The molecule has 0 saturated carbocycles. The second-order valence-corrected chi connectivity index (χ2v) is 5.25. The van der Waals surface area contributed by atoms with E-state index in [-0.39, 0.29) is 0 Å². The minimum Gasteiger partial charge on any atom is -0.454 e. The number of aliphatic imine (C=N–C) groups is 1. The molecule has 3 rings (SSSR count). The highest BCUT2D eigenvalue weighted by Gasteiger charge is 2.17. The summed E-state index contributed by atoms with van der Waals surface area (Å²) in [4.78, 5) is 5.94. The molecule has 0 amide bonds. The Morgan fingerprint density at radius 2 is 2.00 bits per heavy atom. The van der Waals surface area contributed by atoms with Crippen LogP contribution >= 0.6 is 11.8 Å². The molecule has 0 radical (unpaired) electrons. The van der Waals surface area contributed by atoms with Crippen molar-refractivity contribution in [1.82, 2.24) is 0 Å². The van der Waals surface area contributed by atoms with Crippen LogP contribution in [0.5, 0.6) is 11.5 Å². The number of thioether (sulfide) groups is 1. The molecule has 0 aliphatic carbocycles. The van der Waals surface area contributed by atoms with E-state index in [2.05, 4.69) is 18.8 Å². The van der Waals surface area contributed by atoms with Gasteiger partial charge in [-0.15, -0.1) is 11.8 Å². The highest BCUT2D eigenvalue weighted by Crippen LogP contribution is 2.34. The van der Waals surface area contributed by atoms with Crippen molar-refractivity contribution < 1.29 is 9.47 Å². The van der Waals surface area contributed by atoms with E-state index in [0.29, 0.717) is 6.79 Å². The molecule has 0 atom stereocenters. The Balaban J connectivity index is 1.98. The van der Waals surface area contributed by atoms with Gasteiger partial charge in [0.05, 0.1) is 5.71 Å². The summed E-state index contributed by atoms with van der Waals surface area (Å²) in [6.45, 7) is 4.48. The maximum Gasteiger partial charge on any atom is 0.231 e. The van der Waals surface area contributed by atoms with Crippen molar-refractivity contribution in [1.29, 1.82) is 0 Å². The number of rotatable bonds is 1. The first kappa shape index (κ1) is 10.7. The van der Waals surface area contributed by atoms with Crippen molar-refractivity contribution in [2.75, 3.05) is 12.5 Å². The third kappa shape index (κ3) is 1.93. The smallest absolute Gasteiger partial charge is 0.231 e. The average molecular weight is 247 g/mol. The minimum atomic E-state index is 0.318. The van der Waals surface area contributed by atoms with Crippen molar-refractivity contribution in [2.45, 2.75) is 13.8 Å². The van der Waals surface area contributed by atoms with Crippen LogP contribution in [0.4, 0.5) is 0 Å². The van der Waals surface area contributed by atoms with E-state index < -0.39 is 0 Å². The van der Waals surface area contributed by atoms with Gasteiger partial charge in [0.1, 0.15) is 0 Å². The summed E-state index contributed by atoms with van der Waals surface area (Å²) < 4.78 is 10.7. The van der Waals surface area contributed by atoms with E-state index >= 15 is 0 Å². The average Bonchev–Trinajstić information content (AvgIpc) is 2.79. The van der Waals surface area contributed by atoms with Gasteiger partial charge < -0.3 is 9.47 Å². The maximum atomic E-state index is 5.38. The van der Waals surface area contributed by atoms with Crippen LogP contribution in [0.2, 0.25) is 0 Å². The fourth-order valence-corrected chi connectivity index (χ4v) is 2.66. The second kappa shape index (κ2) is 4.11. The van der Waals surface area contributed by atoms with E-state index in [1.165, 1.54) is 4.91 Å². The first-order chi connectivity index (χ1) is 8.24. The van der Waals surface area contributed by atoms with Crippen molar-refractivity contribution in [3.63, 3.8) is 0 Å². The summed E-state index contributed by atoms with van der Waals surface area (Å²) in [5.74, 6) is 2.56. The summed E-state index contributed by atoms with van der Waals surface area (Å²) in [6, 6.07) is 6.00. The Kier molecular flexibility index (Phi) is 2.59. The first-order valence-electron chi connectivity index (χ1n) is 5.52. The third-order valence-corrected chi connectivity index (χ3v) is 4.09. The van der Waals surface area contributed by atoms with Gasteiger partial charge in [0.25, 0.3) is 0 Å². The largest absolute Gasteiger partial charge is 0.454 e. The summed E-state index contributed by atoms with van der Waals surface area (Å²) in [5.41, 5.74) is 3.33. The molecule has 2 heterocycles. The lowest BCUT2D eigenvalue weighted by Gasteiger charge is -2.14. The molecule has 0 N–H and O–H groups in total. The molecule has 17 heavy (non-hydrogen) atoms. The summed E-state index contributed by atoms with van der Waals surface area (Å²) >= 11 is 1.84. The summed E-state index contributed by atoms with van der Waals surface area (Å²) in [5, 5.41) is 0. The summed E-state index contributed by atoms with van der Waals surface area (Å²) in [6.07, 6.45) is 0. The van der Waals surface area contributed by atoms with Crippen molar-refractivity contribution in [3.8, 4) is 11.5 Å². The highest BCUT2D eigenvalue weighted by atomic mass is 32.2. The molecular weight excluding hydrogens is 234 g/mol. The van der Waals surface area contributed by atoms with E-state index in [1.54, 1.807) is 0 Å². The van der Waals surface area contributed by atoms with Crippen LogP contribution in [0, 0.1) is 0 Å². The number of hydrogen-bond acceptors (Lipinski definition) is 4. The Morgan fingerprint density at radius 3 is 2.82 bits per heavy atom. The Morgan fingerprint density at radius 1 is 1.18 bits per heavy atom. The number of benzene rings is 1. The lowest BCUT2D eigenvalue weighted by Crippen LogP contribution is -2.08. The molecule has 2 aliphatic rings. The van der Waals surface area contributed by atoms with Crippen molar-refractivity contribution in [3.05, 3.63) is 34.4 Å². The molecular formula is C13H13NO2S. The van der Waals surface area contributed by atoms with Gasteiger partial charge in [-0.2, -0.15) is 0 Å². The first-order valence-corrected chi connectivity index (χ1v) is 6.50. The normalized spacial score (nSPS) is 18.4. The fraction of sp³-hybridized carbons (Fsp3) is 0.308. The van der Waals surface area contributed by atoms with Gasteiger partial charge in [-0.1, -0.05) is 0 Å². The van der Waals surface area contributed by atoms with Crippen molar-refractivity contribution in [2.24, 2.45) is 4.99 Å². The van der Waals surface area contributed by atoms with Crippen LogP contribution in [-0.4, -0.2) is 18.3 Å². The van der Waals surface area contributed by atoms with Crippen LogP contribution in [0.25, 0.3) is 0 Å². The Labute approximate surface area is 105 Å². The zero-order chi connectivity index (χ0) is 11.8. The molecule has 4 heteroatoms. The number of hydrogen-bond donors (Lipinski definition) is 0. The van der Waals surface area contributed by atoms with E-state index in [4.69, 9.17) is 9.47 Å². The molecule has 1 aromatic carbocycles. The van der Waals surface area contributed by atoms with Gasteiger partial charge in [0.2, 0.25) is 6.79 Å². The van der Waals surface area contributed by atoms with Gasteiger partial charge in [0, 0.05) is 21.9 Å². The quantitative estimate of drug-likeness (QED) is 0.763. The van der Waals surface area contributed by atoms with E-state index in [1.807, 2.05) is 30.0 Å². The van der Waals surface area contributed by atoms with Crippen LogP contribution in [0.1, 0.15) is 19.4 Å². The van der Waals surface area contributed by atoms with Gasteiger partial charge in [-0.25, -0.2) is 0 Å². The minimum absolute atomic E-state index is 0.318. The summed E-state index contributed by atoms with van der Waals surface area (Å²) in [7, 11) is 0. The predicted molar refractivity (Wildman–Crippen MR) is 69.9 cm³/mol. The predicted octanol–water partition coefficient (Wildman–Crippen LogP) is 3.20. The standard InChI is InChI=1S/C13H13NO2S/c1-8-9(2)17-6-11(14-8)10-3-4-12-13(5-10)16-7-15-12/h3-5H,6-7H2,1-2H3. The molecule has 0 aromatic heterocycles. The molecule has 88 valence electrons. The van der Waals surface area contributed by atoms with Crippen LogP contribution in [0.15, 0.2) is 33.8 Å². The Hall–Kier alpha value is -1.42. The monoisotopic (exact) mass is 247 g/mol. The highest BCUT2D eigenvalue weighted by molar-refractivity contribution is 8.03. The van der Waals surface area contributed by atoms with E-state index in [0.717, 1.165) is 34.2 Å². The van der Waals surface area contributed by atoms with Crippen molar-refractivity contribution >= 4 is 17.5 Å². The molecule has 0 unspecified atom stereocenters. The number of nitrogens with zero attached hydrogens (tertiary/aromatic N) is 1. The van der Waals surface area contributed by atoms with Gasteiger partial charge in [-0.05, 0) is 32.0 Å². The zero-order valence-corrected chi connectivity index (χ0v) is 10.6. The van der Waals surface area contributed by atoms with Gasteiger partial charge in [-0.3, -0.25) is 4.99 Å². The molecule has 2 aliphatic heterocycles. The molecule has 3 nitrogen and oxygen atoms in total. The lowest BCUT2D eigenvalue weighted by molar-refractivity contribution is 0.174. The lowest BCUT2D eigenvalue weighted by atomic mass is 10.1. The maximum absolute atomic E-state index is 5.38. The van der Waals surface area contributed by atoms with Gasteiger partial charge in [0.15, 0.2) is 11.5 Å². The second-order valence-electron chi connectivity index (χ2n) is 4.06.